The minimum atomic E-state index is -3.63. The number of hydrogen-bond acceptors (Lipinski definition) is 7. The Morgan fingerprint density at radius 1 is 1.06 bits per heavy atom. The van der Waals surface area contributed by atoms with Crippen molar-refractivity contribution in [1.82, 2.24) is 5.32 Å². The van der Waals surface area contributed by atoms with Crippen molar-refractivity contribution in [3.8, 4) is 11.5 Å². The zero-order valence-corrected chi connectivity index (χ0v) is 20.5. The average molecular weight is 500 g/mol. The molecule has 3 aromatic rings. The number of phenols is 1. The highest BCUT2D eigenvalue weighted by Gasteiger charge is 2.35. The number of methoxy groups -OCH3 is 1. The van der Waals surface area contributed by atoms with Gasteiger partial charge >= 0.3 is 0 Å². The summed E-state index contributed by atoms with van der Waals surface area (Å²) in [5.74, 6) is 0.0189. The lowest BCUT2D eigenvalue weighted by atomic mass is 9.90. The van der Waals surface area contributed by atoms with Gasteiger partial charge in [-0.15, -0.1) is 0 Å². The lowest BCUT2D eigenvalue weighted by molar-refractivity contribution is -0.122. The fourth-order valence-corrected chi connectivity index (χ4v) is 4.04. The first-order chi connectivity index (χ1) is 16.5. The van der Waals surface area contributed by atoms with Gasteiger partial charge < -0.3 is 20.3 Å². The molecule has 3 rings (SSSR count). The van der Waals surface area contributed by atoms with Crippen LogP contribution in [0.4, 0.5) is 11.4 Å². The van der Waals surface area contributed by atoms with Crippen LogP contribution >= 0.6 is 0 Å². The van der Waals surface area contributed by atoms with E-state index in [4.69, 9.17) is 4.74 Å². The number of hydrogen-bond donors (Lipinski definition) is 5. The number of anilines is 2. The number of phenolic OH excluding ortho intramolecular Hbond substituents is 1. The average Bonchev–Trinajstić information content (AvgIpc) is 2.83. The van der Waals surface area contributed by atoms with E-state index < -0.39 is 21.7 Å². The molecule has 0 saturated heterocycles. The van der Waals surface area contributed by atoms with E-state index in [0.717, 1.165) is 6.26 Å². The molecule has 1 amide bonds. The Balaban J connectivity index is 1.86. The Morgan fingerprint density at radius 2 is 1.71 bits per heavy atom. The minimum absolute atomic E-state index is 0.0478. The van der Waals surface area contributed by atoms with Crippen LogP contribution in [-0.2, 0) is 20.4 Å². The predicted octanol–water partition coefficient (Wildman–Crippen LogP) is 2.95. The van der Waals surface area contributed by atoms with Crippen molar-refractivity contribution < 1.29 is 28.2 Å². The first kappa shape index (κ1) is 26.0. The van der Waals surface area contributed by atoms with Gasteiger partial charge in [0.25, 0.3) is 0 Å². The largest absolute Gasteiger partial charge is 0.506 e. The van der Waals surface area contributed by atoms with Gasteiger partial charge in [-0.25, -0.2) is 8.42 Å². The van der Waals surface area contributed by atoms with Gasteiger partial charge in [0.1, 0.15) is 17.0 Å². The van der Waals surface area contributed by atoms with Crippen LogP contribution < -0.4 is 20.1 Å². The first-order valence-electron chi connectivity index (χ1n) is 10.8. The maximum Gasteiger partial charge on any atom is 0.249 e. The highest BCUT2D eigenvalue weighted by molar-refractivity contribution is 7.92. The van der Waals surface area contributed by atoms with Crippen LogP contribution in [0.1, 0.15) is 24.2 Å². The Morgan fingerprint density at radius 3 is 2.31 bits per heavy atom. The van der Waals surface area contributed by atoms with Crippen LogP contribution in [0.3, 0.4) is 0 Å². The fraction of sp³-hybridized carbons (Fsp3) is 0.240. The maximum absolute atomic E-state index is 13.4. The summed E-state index contributed by atoms with van der Waals surface area (Å²) in [6.45, 7) is 1.65. The number of rotatable bonds is 10. The SMILES string of the molecule is COc1ccc([C@](C)(NCC(O)c2ccc(O)c(NS(C)(=O)=O)c2)C(=O)Nc2ccccc2)cc1. The lowest BCUT2D eigenvalue weighted by Crippen LogP contribution is -2.50. The van der Waals surface area contributed by atoms with Crippen LogP contribution in [0.25, 0.3) is 0 Å². The number of carbonyl (C=O) groups is 1. The maximum atomic E-state index is 13.4. The highest BCUT2D eigenvalue weighted by atomic mass is 32.2. The smallest absolute Gasteiger partial charge is 0.249 e. The number of aliphatic hydroxyl groups excluding tert-OH is 1. The van der Waals surface area contributed by atoms with Crippen LogP contribution in [-0.4, -0.2) is 44.4 Å². The number of aromatic hydroxyl groups is 1. The zero-order valence-electron chi connectivity index (χ0n) is 19.6. The molecule has 0 aliphatic heterocycles. The second-order valence-corrected chi connectivity index (χ2v) is 9.97. The molecule has 0 spiro atoms. The third-order valence-electron chi connectivity index (χ3n) is 5.50. The van der Waals surface area contributed by atoms with E-state index in [2.05, 4.69) is 15.4 Å². The van der Waals surface area contributed by atoms with E-state index in [-0.39, 0.29) is 23.9 Å². The van der Waals surface area contributed by atoms with Gasteiger partial charge in [0, 0.05) is 12.2 Å². The second-order valence-electron chi connectivity index (χ2n) is 8.22. The van der Waals surface area contributed by atoms with Crippen molar-refractivity contribution in [3.05, 3.63) is 83.9 Å². The van der Waals surface area contributed by atoms with Crippen molar-refractivity contribution in [2.24, 2.45) is 0 Å². The van der Waals surface area contributed by atoms with Gasteiger partial charge in [-0.05, 0) is 54.4 Å². The topological polar surface area (TPSA) is 137 Å². The molecule has 5 N–H and O–H groups in total. The lowest BCUT2D eigenvalue weighted by Gasteiger charge is -2.31. The van der Waals surface area contributed by atoms with Crippen LogP contribution in [0.2, 0.25) is 0 Å². The summed E-state index contributed by atoms with van der Waals surface area (Å²) in [6.07, 6.45) is -0.152. The van der Waals surface area contributed by atoms with Crippen molar-refractivity contribution in [1.29, 1.82) is 0 Å². The van der Waals surface area contributed by atoms with Gasteiger partial charge in [0.05, 0.1) is 25.2 Å². The third-order valence-corrected chi connectivity index (χ3v) is 6.09. The number of aliphatic hydroxyl groups is 1. The number of para-hydroxylation sites is 1. The summed E-state index contributed by atoms with van der Waals surface area (Å²) in [6, 6.07) is 20.1. The third kappa shape index (κ3) is 6.72. The summed E-state index contributed by atoms with van der Waals surface area (Å²) in [4.78, 5) is 13.4. The molecule has 186 valence electrons. The number of carbonyl (C=O) groups excluding carboxylic acids is 1. The van der Waals surface area contributed by atoms with E-state index in [9.17, 15) is 23.4 Å². The molecule has 0 heterocycles. The Bertz CT molecular complexity index is 1270. The van der Waals surface area contributed by atoms with E-state index in [1.54, 1.807) is 50.4 Å². The standard InChI is InChI=1S/C25H29N3O6S/c1-25(18-10-12-20(34-2)13-11-18,24(31)27-19-7-5-4-6-8-19)26-16-23(30)17-9-14-22(29)21(15-17)28-35(3,32)33/h4-15,23,26,28-30H,16H2,1-3H3,(H,27,31)/t23?,25-/m0/s1. The summed E-state index contributed by atoms with van der Waals surface area (Å²) >= 11 is 0. The second kappa shape index (κ2) is 10.8. The molecule has 0 aromatic heterocycles. The predicted molar refractivity (Wildman–Crippen MR) is 135 cm³/mol. The molecule has 0 fully saturated rings. The van der Waals surface area contributed by atoms with Gasteiger partial charge in [-0.2, -0.15) is 0 Å². The Labute approximate surface area is 204 Å². The molecule has 10 heteroatoms. The Hall–Kier alpha value is -3.60. The molecule has 35 heavy (non-hydrogen) atoms. The number of ether oxygens (including phenoxy) is 1. The summed E-state index contributed by atoms with van der Waals surface area (Å²) < 4.78 is 30.6. The molecule has 0 aliphatic rings. The van der Waals surface area contributed by atoms with E-state index in [1.807, 2.05) is 18.2 Å². The minimum Gasteiger partial charge on any atom is -0.506 e. The molecule has 0 radical (unpaired) electrons. The molecular weight excluding hydrogens is 470 g/mol. The number of benzene rings is 3. The normalized spacial score (nSPS) is 13.9. The van der Waals surface area contributed by atoms with E-state index in [1.165, 1.54) is 18.2 Å². The number of amides is 1. The quantitative estimate of drug-likeness (QED) is 0.271. The molecule has 3 aromatic carbocycles. The van der Waals surface area contributed by atoms with Crippen molar-refractivity contribution in [2.45, 2.75) is 18.6 Å². The number of sulfonamides is 1. The molecule has 0 aliphatic carbocycles. The van der Waals surface area contributed by atoms with E-state index in [0.29, 0.717) is 22.6 Å². The number of nitrogens with one attached hydrogen (secondary N) is 3. The Kier molecular flexibility index (Phi) is 8.00. The van der Waals surface area contributed by atoms with Gasteiger partial charge in [0.2, 0.25) is 15.9 Å². The van der Waals surface area contributed by atoms with Crippen LogP contribution in [0, 0.1) is 0 Å². The highest BCUT2D eigenvalue weighted by Crippen LogP contribution is 2.29. The van der Waals surface area contributed by atoms with Crippen LogP contribution in [0.15, 0.2) is 72.8 Å². The molecule has 0 bridgehead atoms. The van der Waals surface area contributed by atoms with E-state index >= 15 is 0 Å². The van der Waals surface area contributed by atoms with Crippen molar-refractivity contribution >= 4 is 27.3 Å². The fourth-order valence-electron chi connectivity index (χ4n) is 3.48. The van der Waals surface area contributed by atoms with Crippen LogP contribution in [0.5, 0.6) is 11.5 Å². The molecule has 0 saturated carbocycles. The van der Waals surface area contributed by atoms with Gasteiger partial charge in [-0.3, -0.25) is 14.8 Å². The van der Waals surface area contributed by atoms with Crippen molar-refractivity contribution in [2.75, 3.05) is 29.9 Å². The summed E-state index contributed by atoms with van der Waals surface area (Å²) in [7, 11) is -2.08. The summed E-state index contributed by atoms with van der Waals surface area (Å²) in [5, 5.41) is 26.8. The molecule has 2 atom stereocenters. The van der Waals surface area contributed by atoms with Crippen molar-refractivity contribution in [3.63, 3.8) is 0 Å². The van der Waals surface area contributed by atoms with Gasteiger partial charge in [0.15, 0.2) is 0 Å². The summed E-state index contributed by atoms with van der Waals surface area (Å²) in [5.41, 5.74) is 0.317. The zero-order chi connectivity index (χ0) is 25.6. The molecule has 1 unspecified atom stereocenters. The monoisotopic (exact) mass is 499 g/mol. The molecule has 9 nitrogen and oxygen atoms in total. The van der Waals surface area contributed by atoms with Gasteiger partial charge in [-0.1, -0.05) is 36.4 Å². The first-order valence-corrected chi connectivity index (χ1v) is 12.7. The molecular formula is C25H29N3O6S.